The van der Waals surface area contributed by atoms with E-state index >= 15 is 0 Å². The molecule has 0 aliphatic carbocycles. The fourth-order valence-electron chi connectivity index (χ4n) is 3.61. The third-order valence-corrected chi connectivity index (χ3v) is 5.39. The zero-order chi connectivity index (χ0) is 23.6. The quantitative estimate of drug-likeness (QED) is 0.488. The van der Waals surface area contributed by atoms with Crippen molar-refractivity contribution < 1.29 is 18.4 Å². The van der Waals surface area contributed by atoms with E-state index in [1.807, 2.05) is 37.3 Å². The Labute approximate surface area is 193 Å². The lowest BCUT2D eigenvalue weighted by atomic mass is 10.0. The highest BCUT2D eigenvalue weighted by Crippen LogP contribution is 2.18. The van der Waals surface area contributed by atoms with Crippen molar-refractivity contribution in [1.29, 1.82) is 0 Å². The second-order valence-corrected chi connectivity index (χ2v) is 7.91. The van der Waals surface area contributed by atoms with E-state index < -0.39 is 17.7 Å². The molecule has 3 rings (SSSR count). The van der Waals surface area contributed by atoms with Crippen molar-refractivity contribution in [2.45, 2.75) is 38.8 Å². The maximum absolute atomic E-state index is 14.5. The molecule has 3 aromatic rings. The highest BCUT2D eigenvalue weighted by molar-refractivity contribution is 5.88. The second kappa shape index (κ2) is 11.9. The van der Waals surface area contributed by atoms with Crippen LogP contribution in [0.2, 0.25) is 0 Å². The van der Waals surface area contributed by atoms with E-state index in [1.54, 1.807) is 18.2 Å². The highest BCUT2D eigenvalue weighted by atomic mass is 19.1. The molecule has 0 bridgehead atoms. The Bertz CT molecular complexity index is 1060. The predicted molar refractivity (Wildman–Crippen MR) is 124 cm³/mol. The standard InChI is InChI=1S/C27H28F2N2O2/c1-2-16-30-27(33)25(17-20-8-4-3-5-9-20)31(19-22-10-6-7-11-24(22)29)26(32)18-21-12-14-23(28)15-13-21/h3-15,25H,2,16-19H2,1H3,(H,30,33)/t25-/m1/s1. The largest absolute Gasteiger partial charge is 0.354 e. The molecule has 0 fully saturated rings. The van der Waals surface area contributed by atoms with Crippen molar-refractivity contribution in [1.82, 2.24) is 10.2 Å². The van der Waals surface area contributed by atoms with E-state index in [2.05, 4.69) is 5.32 Å². The number of halogens is 2. The molecule has 4 nitrogen and oxygen atoms in total. The van der Waals surface area contributed by atoms with Crippen LogP contribution in [-0.4, -0.2) is 29.3 Å². The average Bonchev–Trinajstić information content (AvgIpc) is 2.83. The van der Waals surface area contributed by atoms with E-state index in [4.69, 9.17) is 0 Å². The molecule has 0 heterocycles. The first-order valence-corrected chi connectivity index (χ1v) is 11.1. The number of hydrogen-bond donors (Lipinski definition) is 1. The van der Waals surface area contributed by atoms with Crippen LogP contribution in [0.1, 0.15) is 30.0 Å². The van der Waals surface area contributed by atoms with Crippen LogP contribution in [0.4, 0.5) is 8.78 Å². The van der Waals surface area contributed by atoms with Gasteiger partial charge in [-0.2, -0.15) is 0 Å². The van der Waals surface area contributed by atoms with Crippen molar-refractivity contribution >= 4 is 11.8 Å². The first-order valence-electron chi connectivity index (χ1n) is 11.1. The van der Waals surface area contributed by atoms with E-state index in [0.717, 1.165) is 12.0 Å². The van der Waals surface area contributed by atoms with Crippen LogP contribution in [0.3, 0.4) is 0 Å². The van der Waals surface area contributed by atoms with Crippen molar-refractivity contribution in [2.24, 2.45) is 0 Å². The average molecular weight is 451 g/mol. The number of hydrogen-bond acceptors (Lipinski definition) is 2. The van der Waals surface area contributed by atoms with Gasteiger partial charge < -0.3 is 10.2 Å². The number of nitrogens with one attached hydrogen (secondary N) is 1. The van der Waals surface area contributed by atoms with Gasteiger partial charge in [0.25, 0.3) is 0 Å². The number of carbonyl (C=O) groups excluding carboxylic acids is 2. The maximum Gasteiger partial charge on any atom is 0.243 e. The molecule has 0 radical (unpaired) electrons. The van der Waals surface area contributed by atoms with Crippen molar-refractivity contribution in [3.05, 3.63) is 107 Å². The summed E-state index contributed by atoms with van der Waals surface area (Å²) in [5.41, 5.74) is 1.83. The first-order chi connectivity index (χ1) is 16.0. The van der Waals surface area contributed by atoms with Gasteiger partial charge in [-0.05, 0) is 35.7 Å². The lowest BCUT2D eigenvalue weighted by molar-refractivity contribution is -0.140. The highest BCUT2D eigenvalue weighted by Gasteiger charge is 2.30. The van der Waals surface area contributed by atoms with Crippen molar-refractivity contribution in [2.75, 3.05) is 6.54 Å². The molecule has 0 aliphatic rings. The van der Waals surface area contributed by atoms with Crippen LogP contribution < -0.4 is 5.32 Å². The summed E-state index contributed by atoms with van der Waals surface area (Å²) in [5, 5.41) is 2.88. The zero-order valence-corrected chi connectivity index (χ0v) is 18.6. The summed E-state index contributed by atoms with van der Waals surface area (Å²) in [6.07, 6.45) is 1.02. The van der Waals surface area contributed by atoms with Crippen LogP contribution in [0, 0.1) is 11.6 Å². The molecular formula is C27H28F2N2O2. The molecule has 6 heteroatoms. The number of carbonyl (C=O) groups is 2. The lowest BCUT2D eigenvalue weighted by Gasteiger charge is -2.31. The van der Waals surface area contributed by atoms with Gasteiger partial charge in [-0.15, -0.1) is 0 Å². The van der Waals surface area contributed by atoms with Crippen LogP contribution in [0.25, 0.3) is 0 Å². The third-order valence-electron chi connectivity index (χ3n) is 5.39. The van der Waals surface area contributed by atoms with Gasteiger partial charge in [-0.25, -0.2) is 8.78 Å². The number of amides is 2. The van der Waals surface area contributed by atoms with E-state index in [-0.39, 0.29) is 24.8 Å². The van der Waals surface area contributed by atoms with Gasteiger partial charge >= 0.3 is 0 Å². The second-order valence-electron chi connectivity index (χ2n) is 7.91. The predicted octanol–water partition coefficient (Wildman–Crippen LogP) is 4.67. The Balaban J connectivity index is 1.95. The summed E-state index contributed by atoms with van der Waals surface area (Å²) < 4.78 is 27.8. The zero-order valence-electron chi connectivity index (χ0n) is 18.6. The molecule has 0 aromatic heterocycles. The number of benzene rings is 3. The summed E-state index contributed by atoms with van der Waals surface area (Å²) in [5.74, 6) is -1.46. The van der Waals surface area contributed by atoms with Gasteiger partial charge in [-0.3, -0.25) is 9.59 Å². The van der Waals surface area contributed by atoms with Crippen LogP contribution >= 0.6 is 0 Å². The summed E-state index contributed by atoms with van der Waals surface area (Å²) in [6, 6.07) is 20.5. The van der Waals surface area contributed by atoms with Gasteiger partial charge in [0.05, 0.1) is 6.42 Å². The Hall–Kier alpha value is -3.54. The summed E-state index contributed by atoms with van der Waals surface area (Å²) in [4.78, 5) is 28.1. The summed E-state index contributed by atoms with van der Waals surface area (Å²) >= 11 is 0. The fourth-order valence-corrected chi connectivity index (χ4v) is 3.61. The molecular weight excluding hydrogens is 422 g/mol. The maximum atomic E-state index is 14.5. The molecule has 0 saturated carbocycles. The van der Waals surface area contributed by atoms with Crippen LogP contribution in [-0.2, 0) is 29.0 Å². The van der Waals surface area contributed by atoms with E-state index in [1.165, 1.54) is 35.2 Å². The lowest BCUT2D eigenvalue weighted by Crippen LogP contribution is -2.51. The molecule has 0 aliphatic heterocycles. The van der Waals surface area contributed by atoms with Gasteiger partial charge in [0.1, 0.15) is 17.7 Å². The Morgan fingerprint density at radius 1 is 0.879 bits per heavy atom. The molecule has 0 saturated heterocycles. The van der Waals surface area contributed by atoms with Crippen LogP contribution in [0.15, 0.2) is 78.9 Å². The van der Waals surface area contributed by atoms with Gasteiger partial charge in [0.15, 0.2) is 0 Å². The molecule has 1 atom stereocenters. The Morgan fingerprint density at radius 2 is 1.55 bits per heavy atom. The molecule has 2 amide bonds. The fraction of sp³-hybridized carbons (Fsp3) is 0.259. The van der Waals surface area contributed by atoms with Gasteiger partial charge in [0, 0.05) is 25.1 Å². The normalized spacial score (nSPS) is 11.6. The smallest absolute Gasteiger partial charge is 0.243 e. The monoisotopic (exact) mass is 450 g/mol. The Kier molecular flexibility index (Phi) is 8.70. The first kappa shape index (κ1) is 24.1. The minimum atomic E-state index is -0.827. The minimum Gasteiger partial charge on any atom is -0.354 e. The SMILES string of the molecule is CCCNC(=O)[C@@H](Cc1ccccc1)N(Cc1ccccc1F)C(=O)Cc1ccc(F)cc1. The van der Waals surface area contributed by atoms with E-state index in [9.17, 15) is 18.4 Å². The number of nitrogens with zero attached hydrogens (tertiary/aromatic N) is 1. The molecule has 33 heavy (non-hydrogen) atoms. The summed E-state index contributed by atoms with van der Waals surface area (Å²) in [6.45, 7) is 2.37. The topological polar surface area (TPSA) is 49.4 Å². The molecule has 0 spiro atoms. The Morgan fingerprint density at radius 3 is 2.21 bits per heavy atom. The van der Waals surface area contributed by atoms with Gasteiger partial charge in [0.2, 0.25) is 11.8 Å². The van der Waals surface area contributed by atoms with Gasteiger partial charge in [-0.1, -0.05) is 67.6 Å². The molecule has 172 valence electrons. The number of rotatable bonds is 10. The van der Waals surface area contributed by atoms with E-state index in [0.29, 0.717) is 24.1 Å². The van der Waals surface area contributed by atoms with Crippen molar-refractivity contribution in [3.8, 4) is 0 Å². The molecule has 0 unspecified atom stereocenters. The molecule has 1 N–H and O–H groups in total. The minimum absolute atomic E-state index is 0.0267. The third kappa shape index (κ3) is 6.97. The van der Waals surface area contributed by atoms with Crippen LogP contribution in [0.5, 0.6) is 0 Å². The van der Waals surface area contributed by atoms with Crippen molar-refractivity contribution in [3.63, 3.8) is 0 Å². The summed E-state index contributed by atoms with van der Waals surface area (Å²) in [7, 11) is 0. The molecule has 3 aromatic carbocycles.